The second kappa shape index (κ2) is 4.69. The van der Waals surface area contributed by atoms with Crippen LogP contribution < -0.4 is 4.90 Å². The third-order valence-electron chi connectivity index (χ3n) is 3.53. The molecular weight excluding hydrogens is 198 g/mol. The first-order chi connectivity index (χ1) is 7.68. The van der Waals surface area contributed by atoms with Crippen LogP contribution in [0.3, 0.4) is 0 Å². The van der Waals surface area contributed by atoms with Crippen molar-refractivity contribution in [1.29, 1.82) is 0 Å². The lowest BCUT2D eigenvalue weighted by atomic mass is 9.93. The van der Waals surface area contributed by atoms with Crippen molar-refractivity contribution in [3.05, 3.63) is 29.8 Å². The van der Waals surface area contributed by atoms with Crippen LogP contribution in [0.1, 0.15) is 25.3 Å². The van der Waals surface area contributed by atoms with E-state index in [9.17, 15) is 4.79 Å². The van der Waals surface area contributed by atoms with Gasteiger partial charge in [0.05, 0.1) is 0 Å². The van der Waals surface area contributed by atoms with Gasteiger partial charge in [-0.2, -0.15) is 0 Å². The van der Waals surface area contributed by atoms with Crippen LogP contribution in [0.5, 0.6) is 0 Å². The molecule has 0 saturated carbocycles. The molecule has 0 aliphatic carbocycles. The fourth-order valence-corrected chi connectivity index (χ4v) is 2.45. The molecule has 0 aromatic heterocycles. The summed E-state index contributed by atoms with van der Waals surface area (Å²) < 4.78 is 0. The summed E-state index contributed by atoms with van der Waals surface area (Å²) in [6, 6.07) is 8.47. The minimum atomic E-state index is 0.292. The summed E-state index contributed by atoms with van der Waals surface area (Å²) in [7, 11) is 0. The van der Waals surface area contributed by atoms with Crippen molar-refractivity contribution in [3.8, 4) is 0 Å². The van der Waals surface area contributed by atoms with E-state index in [1.807, 2.05) is 0 Å². The number of hydrogen-bond acceptors (Lipinski definition) is 2. The Balaban J connectivity index is 2.05. The van der Waals surface area contributed by atoms with Gasteiger partial charge in [0.15, 0.2) is 0 Å². The number of Topliss-reactive ketones (excluding diaryl/α,β-unsaturated/α-hetero) is 1. The predicted octanol–water partition coefficient (Wildman–Crippen LogP) is 2.80. The second-order valence-corrected chi connectivity index (χ2v) is 4.66. The van der Waals surface area contributed by atoms with Gasteiger partial charge < -0.3 is 4.90 Å². The standard InChI is InChI=1S/C14H19NO/c1-11-5-3-4-6-14(11)15-9-7-13(8-10-15)12(2)16/h3-6,13H,7-10H2,1-2H3. The molecule has 0 spiro atoms. The van der Waals surface area contributed by atoms with Crippen LogP contribution in [-0.2, 0) is 4.79 Å². The second-order valence-electron chi connectivity index (χ2n) is 4.66. The average molecular weight is 217 g/mol. The number of carbonyl (C=O) groups excluding carboxylic acids is 1. The van der Waals surface area contributed by atoms with E-state index < -0.39 is 0 Å². The van der Waals surface area contributed by atoms with Crippen molar-refractivity contribution in [2.45, 2.75) is 26.7 Å². The van der Waals surface area contributed by atoms with Crippen LogP contribution in [-0.4, -0.2) is 18.9 Å². The highest BCUT2D eigenvalue weighted by Gasteiger charge is 2.22. The first kappa shape index (κ1) is 11.2. The molecule has 1 aliphatic rings. The molecule has 0 bridgehead atoms. The van der Waals surface area contributed by atoms with E-state index in [0.717, 1.165) is 25.9 Å². The molecule has 1 fully saturated rings. The largest absolute Gasteiger partial charge is 0.371 e. The SMILES string of the molecule is CC(=O)C1CCN(c2ccccc2C)CC1. The van der Waals surface area contributed by atoms with Crippen LogP contribution in [0.4, 0.5) is 5.69 Å². The van der Waals surface area contributed by atoms with Crippen molar-refractivity contribution in [2.24, 2.45) is 5.92 Å². The van der Waals surface area contributed by atoms with E-state index in [1.165, 1.54) is 11.3 Å². The lowest BCUT2D eigenvalue weighted by molar-refractivity contribution is -0.121. The molecule has 2 heteroatoms. The fraction of sp³-hybridized carbons (Fsp3) is 0.500. The van der Waals surface area contributed by atoms with Crippen LogP contribution in [0.15, 0.2) is 24.3 Å². The fourth-order valence-electron chi connectivity index (χ4n) is 2.45. The van der Waals surface area contributed by atoms with Gasteiger partial charge in [0.1, 0.15) is 5.78 Å². The Bertz CT molecular complexity index is 378. The summed E-state index contributed by atoms with van der Waals surface area (Å²) in [5.74, 6) is 0.643. The molecule has 1 aliphatic heterocycles. The van der Waals surface area contributed by atoms with Gasteiger partial charge in [-0.15, -0.1) is 0 Å². The minimum absolute atomic E-state index is 0.292. The molecule has 0 atom stereocenters. The van der Waals surface area contributed by atoms with Gasteiger partial charge in [-0.3, -0.25) is 4.79 Å². The smallest absolute Gasteiger partial charge is 0.133 e. The zero-order chi connectivity index (χ0) is 11.5. The molecule has 0 amide bonds. The summed E-state index contributed by atoms with van der Waals surface area (Å²) in [5.41, 5.74) is 2.65. The summed E-state index contributed by atoms with van der Waals surface area (Å²) in [6.07, 6.45) is 2.01. The quantitative estimate of drug-likeness (QED) is 0.759. The van der Waals surface area contributed by atoms with E-state index in [2.05, 4.69) is 36.1 Å². The van der Waals surface area contributed by atoms with E-state index in [0.29, 0.717) is 11.7 Å². The number of nitrogens with zero attached hydrogens (tertiary/aromatic N) is 1. The highest BCUT2D eigenvalue weighted by molar-refractivity contribution is 5.78. The normalized spacial score (nSPS) is 17.5. The molecule has 1 aromatic rings. The summed E-state index contributed by atoms with van der Waals surface area (Å²) in [5, 5.41) is 0. The monoisotopic (exact) mass is 217 g/mol. The number of benzene rings is 1. The molecule has 1 aromatic carbocycles. The summed E-state index contributed by atoms with van der Waals surface area (Å²) in [6.45, 7) is 5.88. The van der Waals surface area contributed by atoms with Gasteiger partial charge >= 0.3 is 0 Å². The van der Waals surface area contributed by atoms with Gasteiger partial charge in [-0.05, 0) is 38.3 Å². The maximum absolute atomic E-state index is 11.3. The van der Waals surface area contributed by atoms with Gasteiger partial charge in [0.2, 0.25) is 0 Å². The van der Waals surface area contributed by atoms with E-state index in [4.69, 9.17) is 0 Å². The number of piperidine rings is 1. The molecule has 2 nitrogen and oxygen atoms in total. The first-order valence-corrected chi connectivity index (χ1v) is 5.99. The number of para-hydroxylation sites is 1. The highest BCUT2D eigenvalue weighted by atomic mass is 16.1. The van der Waals surface area contributed by atoms with Gasteiger partial charge in [-0.1, -0.05) is 18.2 Å². The van der Waals surface area contributed by atoms with E-state index in [1.54, 1.807) is 6.92 Å². The molecule has 0 radical (unpaired) electrons. The Labute approximate surface area is 97.3 Å². The van der Waals surface area contributed by atoms with Crippen molar-refractivity contribution in [2.75, 3.05) is 18.0 Å². The zero-order valence-electron chi connectivity index (χ0n) is 10.1. The first-order valence-electron chi connectivity index (χ1n) is 5.99. The molecule has 1 saturated heterocycles. The molecule has 0 unspecified atom stereocenters. The lowest BCUT2D eigenvalue weighted by Gasteiger charge is -2.33. The van der Waals surface area contributed by atoms with Gasteiger partial charge in [0, 0.05) is 24.7 Å². The van der Waals surface area contributed by atoms with Crippen molar-refractivity contribution < 1.29 is 4.79 Å². The number of aryl methyl sites for hydroxylation is 1. The predicted molar refractivity (Wildman–Crippen MR) is 66.8 cm³/mol. The molecular formula is C14H19NO. The molecule has 86 valence electrons. The van der Waals surface area contributed by atoms with Gasteiger partial charge in [0.25, 0.3) is 0 Å². The highest BCUT2D eigenvalue weighted by Crippen LogP contribution is 2.26. The number of rotatable bonds is 2. The molecule has 2 rings (SSSR count). The summed E-state index contributed by atoms with van der Waals surface area (Å²) in [4.78, 5) is 13.7. The van der Waals surface area contributed by atoms with Crippen LogP contribution in [0.25, 0.3) is 0 Å². The van der Waals surface area contributed by atoms with Crippen LogP contribution in [0, 0.1) is 12.8 Å². The Morgan fingerprint density at radius 2 is 1.88 bits per heavy atom. The third kappa shape index (κ3) is 2.26. The number of ketones is 1. The third-order valence-corrected chi connectivity index (χ3v) is 3.53. The average Bonchev–Trinajstić information content (AvgIpc) is 2.30. The zero-order valence-corrected chi connectivity index (χ0v) is 10.1. The number of hydrogen-bond donors (Lipinski definition) is 0. The topological polar surface area (TPSA) is 20.3 Å². The Morgan fingerprint density at radius 1 is 1.25 bits per heavy atom. The lowest BCUT2D eigenvalue weighted by Crippen LogP contribution is -2.36. The summed E-state index contributed by atoms with van der Waals surface area (Å²) >= 11 is 0. The van der Waals surface area contributed by atoms with Crippen molar-refractivity contribution in [3.63, 3.8) is 0 Å². The maximum Gasteiger partial charge on any atom is 0.133 e. The Kier molecular flexibility index (Phi) is 3.28. The number of carbonyl (C=O) groups is 1. The Morgan fingerprint density at radius 3 is 2.44 bits per heavy atom. The van der Waals surface area contributed by atoms with E-state index in [-0.39, 0.29) is 0 Å². The van der Waals surface area contributed by atoms with Crippen LogP contribution >= 0.6 is 0 Å². The molecule has 1 heterocycles. The minimum Gasteiger partial charge on any atom is -0.371 e. The van der Waals surface area contributed by atoms with Crippen molar-refractivity contribution >= 4 is 11.5 Å². The molecule has 16 heavy (non-hydrogen) atoms. The Hall–Kier alpha value is -1.31. The van der Waals surface area contributed by atoms with Crippen LogP contribution in [0.2, 0.25) is 0 Å². The van der Waals surface area contributed by atoms with E-state index >= 15 is 0 Å². The van der Waals surface area contributed by atoms with Crippen molar-refractivity contribution in [1.82, 2.24) is 0 Å². The molecule has 0 N–H and O–H groups in total. The van der Waals surface area contributed by atoms with Gasteiger partial charge in [-0.25, -0.2) is 0 Å². The number of anilines is 1. The maximum atomic E-state index is 11.3.